The summed E-state index contributed by atoms with van der Waals surface area (Å²) in [5.74, 6) is 0.302. The first-order valence-corrected chi connectivity index (χ1v) is 4.68. The second-order valence-corrected chi connectivity index (χ2v) is 3.15. The van der Waals surface area contributed by atoms with Gasteiger partial charge in [0.2, 0.25) is 0 Å². The Kier molecular flexibility index (Phi) is 4.25. The summed E-state index contributed by atoms with van der Waals surface area (Å²) in [6, 6.07) is -0.0368. The third-order valence-electron chi connectivity index (χ3n) is 2.09. The van der Waals surface area contributed by atoms with Crippen LogP contribution >= 0.6 is 0 Å². The van der Waals surface area contributed by atoms with Gasteiger partial charge < -0.3 is 10.1 Å². The highest BCUT2D eigenvalue weighted by atomic mass is 16.5. The van der Waals surface area contributed by atoms with E-state index in [2.05, 4.69) is 12.2 Å². The summed E-state index contributed by atoms with van der Waals surface area (Å²) in [5, 5.41) is 3.15. The number of unbranched alkanes of at least 4 members (excludes halogenated alkanes) is 1. The molecule has 0 aromatic heterocycles. The van der Waals surface area contributed by atoms with Crippen molar-refractivity contribution in [3.63, 3.8) is 0 Å². The number of ketones is 1. The predicted molar refractivity (Wildman–Crippen MR) is 47.1 cm³/mol. The van der Waals surface area contributed by atoms with Crippen LogP contribution in [0.5, 0.6) is 0 Å². The second-order valence-electron chi connectivity index (χ2n) is 3.15. The van der Waals surface area contributed by atoms with E-state index in [1.54, 1.807) is 0 Å². The maximum absolute atomic E-state index is 11.4. The molecule has 1 fully saturated rings. The molecule has 3 nitrogen and oxygen atoms in total. The molecule has 1 aliphatic rings. The molecular weight excluding hydrogens is 154 g/mol. The summed E-state index contributed by atoms with van der Waals surface area (Å²) in [5.41, 5.74) is 0. The van der Waals surface area contributed by atoms with Gasteiger partial charge in [-0.1, -0.05) is 13.3 Å². The zero-order valence-corrected chi connectivity index (χ0v) is 7.64. The Hall–Kier alpha value is -0.410. The standard InChI is InChI=1S/C9H17NO2/c1-2-3-4-9(11)8-7-12-6-5-10-8/h8,10H,2-7H2,1H3. The molecule has 1 rings (SSSR count). The van der Waals surface area contributed by atoms with Crippen LogP contribution in [-0.2, 0) is 9.53 Å². The lowest BCUT2D eigenvalue weighted by molar-refractivity contribution is -0.123. The molecule has 12 heavy (non-hydrogen) atoms. The van der Waals surface area contributed by atoms with Gasteiger partial charge in [0.25, 0.3) is 0 Å². The summed E-state index contributed by atoms with van der Waals surface area (Å²) in [4.78, 5) is 11.4. The maximum Gasteiger partial charge on any atom is 0.152 e. The SMILES string of the molecule is CCCCC(=O)C1COCCN1. The van der Waals surface area contributed by atoms with Gasteiger partial charge in [0.15, 0.2) is 5.78 Å². The first-order valence-electron chi connectivity index (χ1n) is 4.68. The number of morpholine rings is 1. The number of ether oxygens (including phenoxy) is 1. The number of nitrogens with one attached hydrogen (secondary N) is 1. The van der Waals surface area contributed by atoms with Crippen LogP contribution in [0, 0.1) is 0 Å². The van der Waals surface area contributed by atoms with Crippen LogP contribution in [0.2, 0.25) is 0 Å². The van der Waals surface area contributed by atoms with Gasteiger partial charge >= 0.3 is 0 Å². The van der Waals surface area contributed by atoms with Crippen LogP contribution in [0.1, 0.15) is 26.2 Å². The van der Waals surface area contributed by atoms with Crippen molar-refractivity contribution in [1.29, 1.82) is 0 Å². The molecule has 0 radical (unpaired) electrons. The lowest BCUT2D eigenvalue weighted by atomic mass is 10.1. The number of rotatable bonds is 4. The van der Waals surface area contributed by atoms with Gasteiger partial charge in [-0.15, -0.1) is 0 Å². The molecule has 70 valence electrons. The van der Waals surface area contributed by atoms with E-state index in [1.165, 1.54) is 0 Å². The van der Waals surface area contributed by atoms with Crippen molar-refractivity contribution >= 4 is 5.78 Å². The molecule has 0 bridgehead atoms. The Morgan fingerprint density at radius 3 is 3.08 bits per heavy atom. The Morgan fingerprint density at radius 1 is 1.67 bits per heavy atom. The van der Waals surface area contributed by atoms with E-state index in [0.29, 0.717) is 18.8 Å². The fourth-order valence-corrected chi connectivity index (χ4v) is 1.30. The van der Waals surface area contributed by atoms with E-state index < -0.39 is 0 Å². The molecule has 1 atom stereocenters. The molecule has 1 N–H and O–H groups in total. The molecular formula is C9H17NO2. The smallest absolute Gasteiger partial charge is 0.152 e. The minimum atomic E-state index is -0.0368. The van der Waals surface area contributed by atoms with Crippen molar-refractivity contribution in [2.75, 3.05) is 19.8 Å². The van der Waals surface area contributed by atoms with E-state index in [4.69, 9.17) is 4.74 Å². The lowest BCUT2D eigenvalue weighted by Crippen LogP contribution is -2.46. The highest BCUT2D eigenvalue weighted by Crippen LogP contribution is 2.02. The van der Waals surface area contributed by atoms with Crippen molar-refractivity contribution in [2.45, 2.75) is 32.2 Å². The van der Waals surface area contributed by atoms with E-state index in [0.717, 1.165) is 26.0 Å². The summed E-state index contributed by atoms with van der Waals surface area (Å²) >= 11 is 0. The van der Waals surface area contributed by atoms with Crippen molar-refractivity contribution in [3.05, 3.63) is 0 Å². The van der Waals surface area contributed by atoms with Gasteiger partial charge in [0, 0.05) is 13.0 Å². The molecule has 0 spiro atoms. The van der Waals surface area contributed by atoms with Crippen molar-refractivity contribution in [1.82, 2.24) is 5.32 Å². The predicted octanol–water partition coefficient (Wildman–Crippen LogP) is 0.734. The van der Waals surface area contributed by atoms with Gasteiger partial charge in [-0.3, -0.25) is 4.79 Å². The van der Waals surface area contributed by atoms with E-state index in [-0.39, 0.29) is 6.04 Å². The minimum absolute atomic E-state index is 0.0368. The maximum atomic E-state index is 11.4. The van der Waals surface area contributed by atoms with Gasteiger partial charge in [-0.2, -0.15) is 0 Å². The molecule has 1 saturated heterocycles. The number of carbonyl (C=O) groups excluding carboxylic acids is 1. The zero-order valence-electron chi connectivity index (χ0n) is 7.64. The fraction of sp³-hybridized carbons (Fsp3) is 0.889. The Balaban J connectivity index is 2.20. The topological polar surface area (TPSA) is 38.3 Å². The Labute approximate surface area is 73.5 Å². The van der Waals surface area contributed by atoms with Crippen molar-refractivity contribution in [3.8, 4) is 0 Å². The average Bonchev–Trinajstić information content (AvgIpc) is 2.15. The molecule has 0 saturated carbocycles. The van der Waals surface area contributed by atoms with E-state index >= 15 is 0 Å². The van der Waals surface area contributed by atoms with Crippen LogP contribution < -0.4 is 5.32 Å². The van der Waals surface area contributed by atoms with Crippen LogP contribution in [0.25, 0.3) is 0 Å². The van der Waals surface area contributed by atoms with Gasteiger partial charge in [-0.25, -0.2) is 0 Å². The number of Topliss-reactive ketones (excluding diaryl/α,β-unsaturated/α-hetero) is 1. The first kappa shape index (κ1) is 9.68. The molecule has 0 aromatic rings. The van der Waals surface area contributed by atoms with Crippen LogP contribution in [0.4, 0.5) is 0 Å². The Morgan fingerprint density at radius 2 is 2.50 bits per heavy atom. The molecule has 0 amide bonds. The quantitative estimate of drug-likeness (QED) is 0.677. The van der Waals surface area contributed by atoms with Crippen LogP contribution in [0.3, 0.4) is 0 Å². The summed E-state index contributed by atoms with van der Waals surface area (Å²) in [6.07, 6.45) is 2.77. The largest absolute Gasteiger partial charge is 0.378 e. The number of hydrogen-bond acceptors (Lipinski definition) is 3. The number of carbonyl (C=O) groups is 1. The molecule has 0 aliphatic carbocycles. The van der Waals surface area contributed by atoms with Crippen LogP contribution in [-0.4, -0.2) is 31.6 Å². The normalized spacial score (nSPS) is 23.9. The van der Waals surface area contributed by atoms with Gasteiger partial charge in [-0.05, 0) is 6.42 Å². The van der Waals surface area contributed by atoms with Gasteiger partial charge in [0.1, 0.15) is 0 Å². The summed E-state index contributed by atoms with van der Waals surface area (Å²) in [6.45, 7) is 4.20. The van der Waals surface area contributed by atoms with Gasteiger partial charge in [0.05, 0.1) is 19.3 Å². The molecule has 3 heteroatoms. The van der Waals surface area contributed by atoms with E-state index in [9.17, 15) is 4.79 Å². The van der Waals surface area contributed by atoms with Crippen molar-refractivity contribution in [2.24, 2.45) is 0 Å². The Bertz CT molecular complexity index is 141. The summed E-state index contributed by atoms with van der Waals surface area (Å²) in [7, 11) is 0. The molecule has 1 unspecified atom stereocenters. The van der Waals surface area contributed by atoms with Crippen LogP contribution in [0.15, 0.2) is 0 Å². The monoisotopic (exact) mass is 171 g/mol. The first-order chi connectivity index (χ1) is 5.84. The second kappa shape index (κ2) is 5.27. The molecule has 1 aliphatic heterocycles. The van der Waals surface area contributed by atoms with E-state index in [1.807, 2.05) is 0 Å². The minimum Gasteiger partial charge on any atom is -0.378 e. The zero-order chi connectivity index (χ0) is 8.81. The number of hydrogen-bond donors (Lipinski definition) is 1. The highest BCUT2D eigenvalue weighted by molar-refractivity contribution is 5.84. The summed E-state index contributed by atoms with van der Waals surface area (Å²) < 4.78 is 5.20. The highest BCUT2D eigenvalue weighted by Gasteiger charge is 2.19. The third-order valence-corrected chi connectivity index (χ3v) is 2.09. The molecule has 1 heterocycles. The average molecular weight is 171 g/mol. The van der Waals surface area contributed by atoms with Crippen molar-refractivity contribution < 1.29 is 9.53 Å². The third kappa shape index (κ3) is 2.91. The molecule has 0 aromatic carbocycles. The lowest BCUT2D eigenvalue weighted by Gasteiger charge is -2.22. The fourth-order valence-electron chi connectivity index (χ4n) is 1.30.